The number of rotatable bonds is 7. The van der Waals surface area contributed by atoms with Crippen molar-refractivity contribution < 1.29 is 19.1 Å². The molecule has 6 nitrogen and oxygen atoms in total. The number of amides is 1. The molecule has 0 aliphatic rings. The van der Waals surface area contributed by atoms with E-state index in [9.17, 15) is 9.59 Å². The summed E-state index contributed by atoms with van der Waals surface area (Å²) in [4.78, 5) is 24.7. The fourth-order valence-electron chi connectivity index (χ4n) is 2.49. The summed E-state index contributed by atoms with van der Waals surface area (Å²) in [5.41, 5.74) is 3.27. The smallest absolute Gasteiger partial charge is 0.343 e. The summed E-state index contributed by atoms with van der Waals surface area (Å²) < 4.78 is 12.7. The topological polar surface area (TPSA) is 77.0 Å². The molecule has 0 fully saturated rings. The quantitative estimate of drug-likeness (QED) is 0.161. The molecule has 0 aromatic heterocycles. The summed E-state index contributed by atoms with van der Waals surface area (Å²) in [6, 6.07) is 18.6. The Hall–Kier alpha value is -2.68. The number of halogens is 3. The Morgan fingerprint density at radius 1 is 1.00 bits per heavy atom. The first-order valence-electron chi connectivity index (χ1n) is 9.34. The van der Waals surface area contributed by atoms with Crippen LogP contribution in [-0.2, 0) is 4.79 Å². The van der Waals surface area contributed by atoms with Gasteiger partial charge in [0.1, 0.15) is 11.5 Å². The lowest BCUT2D eigenvalue weighted by atomic mass is 10.2. The molecule has 0 aliphatic carbocycles. The Bertz CT molecular complexity index is 1140. The summed E-state index contributed by atoms with van der Waals surface area (Å²) in [5, 5.41) is 4.49. The fourth-order valence-corrected chi connectivity index (χ4v) is 3.25. The van der Waals surface area contributed by atoms with Gasteiger partial charge in [0, 0.05) is 19.5 Å². The van der Waals surface area contributed by atoms with Gasteiger partial charge < -0.3 is 9.47 Å². The maximum atomic E-state index is 12.4. The van der Waals surface area contributed by atoms with E-state index in [0.29, 0.717) is 21.9 Å². The van der Waals surface area contributed by atoms with Crippen LogP contribution in [0, 0.1) is 0 Å². The van der Waals surface area contributed by atoms with Gasteiger partial charge in [-0.3, -0.25) is 4.79 Å². The summed E-state index contributed by atoms with van der Waals surface area (Å²) in [6.07, 6.45) is 0.623. The molecule has 0 spiro atoms. The van der Waals surface area contributed by atoms with Gasteiger partial charge in [0.2, 0.25) is 0 Å². The van der Waals surface area contributed by atoms with Crippen LogP contribution in [0.5, 0.6) is 11.5 Å². The predicted octanol–water partition coefficient (Wildman–Crippen LogP) is 6.00. The van der Waals surface area contributed by atoms with Gasteiger partial charge in [-0.2, -0.15) is 5.10 Å². The van der Waals surface area contributed by atoms with E-state index in [2.05, 4.69) is 42.4 Å². The van der Waals surface area contributed by atoms with Gasteiger partial charge in [-0.05, 0) is 73.7 Å². The molecule has 1 N–H and O–H groups in total. The molecule has 1 atom stereocenters. The van der Waals surface area contributed by atoms with Crippen LogP contribution in [-0.4, -0.2) is 24.2 Å². The number of ether oxygens (including phenoxy) is 2. The number of carbonyl (C=O) groups excluding carboxylic acids is 2. The van der Waals surface area contributed by atoms with Crippen molar-refractivity contribution in [3.05, 3.63) is 91.8 Å². The minimum Gasteiger partial charge on any atom is -0.481 e. The standard InChI is InChI=1S/C23H17Br2ClN2O4/c1-14(31-20-9-4-17(24)5-10-20)22(29)28-27-13-16-12-18(25)6-11-21(16)32-23(30)15-2-7-19(26)8-3-15/h2-14H,1H3,(H,28,29). The van der Waals surface area contributed by atoms with E-state index in [-0.39, 0.29) is 5.75 Å². The highest BCUT2D eigenvalue weighted by Gasteiger charge is 2.15. The zero-order valence-electron chi connectivity index (χ0n) is 16.7. The zero-order valence-corrected chi connectivity index (χ0v) is 20.6. The van der Waals surface area contributed by atoms with Gasteiger partial charge in [-0.25, -0.2) is 10.2 Å². The summed E-state index contributed by atoms with van der Waals surface area (Å²) in [6.45, 7) is 1.62. The molecule has 1 unspecified atom stereocenters. The monoisotopic (exact) mass is 578 g/mol. The number of nitrogens with one attached hydrogen (secondary N) is 1. The SMILES string of the molecule is CC(Oc1ccc(Br)cc1)C(=O)NN=Cc1cc(Br)ccc1OC(=O)c1ccc(Cl)cc1. The number of esters is 1. The zero-order chi connectivity index (χ0) is 23.1. The molecule has 1 amide bonds. The van der Waals surface area contributed by atoms with Gasteiger partial charge in [0.25, 0.3) is 5.91 Å². The van der Waals surface area contributed by atoms with E-state index >= 15 is 0 Å². The molecule has 0 bridgehead atoms. The number of hydrazone groups is 1. The Labute approximate surface area is 206 Å². The second-order valence-electron chi connectivity index (χ2n) is 6.53. The maximum Gasteiger partial charge on any atom is 0.343 e. The van der Waals surface area contributed by atoms with Crippen LogP contribution in [0.25, 0.3) is 0 Å². The van der Waals surface area contributed by atoms with Gasteiger partial charge in [0.15, 0.2) is 6.10 Å². The highest BCUT2D eigenvalue weighted by molar-refractivity contribution is 9.10. The van der Waals surface area contributed by atoms with Crippen molar-refractivity contribution >= 4 is 61.6 Å². The van der Waals surface area contributed by atoms with Crippen LogP contribution in [0.2, 0.25) is 5.02 Å². The third kappa shape index (κ3) is 6.91. The summed E-state index contributed by atoms with van der Waals surface area (Å²) >= 11 is 12.6. The molecular formula is C23H17Br2ClN2O4. The fraction of sp³-hybridized carbons (Fsp3) is 0.0870. The first-order chi connectivity index (χ1) is 15.3. The molecule has 0 heterocycles. The van der Waals surface area contributed by atoms with Crippen molar-refractivity contribution in [2.24, 2.45) is 5.10 Å². The average molecular weight is 581 g/mol. The second kappa shape index (κ2) is 11.3. The molecular weight excluding hydrogens is 564 g/mol. The number of hydrogen-bond acceptors (Lipinski definition) is 5. The van der Waals surface area contributed by atoms with Gasteiger partial charge in [-0.15, -0.1) is 0 Å². The molecule has 3 rings (SSSR count). The first kappa shape index (κ1) is 24.0. The minimum absolute atomic E-state index is 0.283. The molecule has 32 heavy (non-hydrogen) atoms. The highest BCUT2D eigenvalue weighted by atomic mass is 79.9. The van der Waals surface area contributed by atoms with Crippen LogP contribution in [0.3, 0.4) is 0 Å². The lowest BCUT2D eigenvalue weighted by Crippen LogP contribution is -2.33. The van der Waals surface area contributed by atoms with E-state index in [1.165, 1.54) is 6.21 Å². The van der Waals surface area contributed by atoms with Crippen LogP contribution in [0.15, 0.2) is 80.8 Å². The van der Waals surface area contributed by atoms with E-state index in [4.69, 9.17) is 21.1 Å². The number of hydrogen-bond donors (Lipinski definition) is 1. The number of nitrogens with zero attached hydrogens (tertiary/aromatic N) is 1. The second-order valence-corrected chi connectivity index (χ2v) is 8.79. The molecule has 0 aliphatic heterocycles. The third-order valence-corrected chi connectivity index (χ3v) is 5.40. The van der Waals surface area contributed by atoms with Crippen LogP contribution in [0.4, 0.5) is 0 Å². The van der Waals surface area contributed by atoms with E-state index in [1.54, 1.807) is 61.5 Å². The van der Waals surface area contributed by atoms with Crippen LogP contribution < -0.4 is 14.9 Å². The molecule has 164 valence electrons. The van der Waals surface area contributed by atoms with Crippen molar-refractivity contribution in [2.45, 2.75) is 13.0 Å². The van der Waals surface area contributed by atoms with Crippen molar-refractivity contribution in [3.8, 4) is 11.5 Å². The molecule has 0 saturated carbocycles. The van der Waals surface area contributed by atoms with Gasteiger partial charge in [-0.1, -0.05) is 43.5 Å². The highest BCUT2D eigenvalue weighted by Crippen LogP contribution is 2.23. The number of carbonyl (C=O) groups is 2. The third-order valence-electron chi connectivity index (χ3n) is 4.13. The minimum atomic E-state index is -0.766. The molecule has 3 aromatic rings. The molecule has 9 heteroatoms. The van der Waals surface area contributed by atoms with E-state index in [0.717, 1.165) is 8.95 Å². The van der Waals surface area contributed by atoms with E-state index in [1.807, 2.05) is 12.1 Å². The van der Waals surface area contributed by atoms with Gasteiger partial charge in [0.05, 0.1) is 11.8 Å². The van der Waals surface area contributed by atoms with Gasteiger partial charge >= 0.3 is 5.97 Å². The summed E-state index contributed by atoms with van der Waals surface area (Å²) in [5.74, 6) is -0.133. The normalized spacial score (nSPS) is 11.8. The van der Waals surface area contributed by atoms with Crippen molar-refractivity contribution in [1.82, 2.24) is 5.43 Å². The Morgan fingerprint density at radius 3 is 2.34 bits per heavy atom. The largest absolute Gasteiger partial charge is 0.481 e. The van der Waals surface area contributed by atoms with Crippen molar-refractivity contribution in [3.63, 3.8) is 0 Å². The van der Waals surface area contributed by atoms with Crippen molar-refractivity contribution in [2.75, 3.05) is 0 Å². The van der Waals surface area contributed by atoms with Crippen LogP contribution in [0.1, 0.15) is 22.8 Å². The Morgan fingerprint density at radius 2 is 1.66 bits per heavy atom. The first-order valence-corrected chi connectivity index (χ1v) is 11.3. The Kier molecular flexibility index (Phi) is 8.44. The average Bonchev–Trinajstić information content (AvgIpc) is 2.77. The lowest BCUT2D eigenvalue weighted by molar-refractivity contribution is -0.127. The van der Waals surface area contributed by atoms with E-state index < -0.39 is 18.0 Å². The molecule has 0 radical (unpaired) electrons. The van der Waals surface area contributed by atoms with Crippen molar-refractivity contribution in [1.29, 1.82) is 0 Å². The lowest BCUT2D eigenvalue weighted by Gasteiger charge is -2.13. The predicted molar refractivity (Wildman–Crippen MR) is 131 cm³/mol. The maximum absolute atomic E-state index is 12.4. The molecule has 0 saturated heterocycles. The summed E-state index contributed by atoms with van der Waals surface area (Å²) in [7, 11) is 0. The molecule has 3 aromatic carbocycles. The number of benzene rings is 3. The Balaban J connectivity index is 1.65. The van der Waals surface area contributed by atoms with Crippen LogP contribution >= 0.6 is 43.5 Å².